The van der Waals surface area contributed by atoms with Gasteiger partial charge in [0.2, 0.25) is 5.89 Å². The molecular weight excluding hydrogens is 276 g/mol. The fraction of sp³-hybridized carbons (Fsp3) is 0.0667. The predicted molar refractivity (Wildman–Crippen MR) is 76.7 cm³/mol. The monoisotopic (exact) mass is 286 g/mol. The summed E-state index contributed by atoms with van der Waals surface area (Å²) in [6.07, 6.45) is 0. The van der Waals surface area contributed by atoms with Gasteiger partial charge in [0.1, 0.15) is 5.75 Å². The molecule has 5 heteroatoms. The predicted octanol–water partition coefficient (Wildman–Crippen LogP) is 4.07. The molecule has 0 saturated carbocycles. The maximum absolute atomic E-state index is 5.86. The van der Waals surface area contributed by atoms with Crippen molar-refractivity contribution in [2.45, 2.75) is 0 Å². The average molecular weight is 287 g/mol. The van der Waals surface area contributed by atoms with Gasteiger partial charge < -0.3 is 9.15 Å². The lowest BCUT2D eigenvalue weighted by atomic mass is 10.2. The number of hydrogen-bond donors (Lipinski definition) is 0. The molecule has 0 amide bonds. The Morgan fingerprint density at radius 2 is 1.65 bits per heavy atom. The SMILES string of the molecule is COc1ccccc1-c1nnc(-c2ccc(Cl)cc2)o1. The molecule has 0 aliphatic carbocycles. The summed E-state index contributed by atoms with van der Waals surface area (Å²) in [6, 6.07) is 14.7. The zero-order valence-corrected chi connectivity index (χ0v) is 11.5. The third-order valence-electron chi connectivity index (χ3n) is 2.85. The van der Waals surface area contributed by atoms with E-state index in [0.717, 1.165) is 11.1 Å². The minimum Gasteiger partial charge on any atom is -0.496 e. The van der Waals surface area contributed by atoms with Gasteiger partial charge in [0.05, 0.1) is 12.7 Å². The van der Waals surface area contributed by atoms with E-state index in [1.807, 2.05) is 36.4 Å². The number of para-hydroxylation sites is 1. The lowest BCUT2D eigenvalue weighted by Crippen LogP contribution is -1.87. The van der Waals surface area contributed by atoms with Gasteiger partial charge in [-0.2, -0.15) is 0 Å². The largest absolute Gasteiger partial charge is 0.496 e. The second kappa shape index (κ2) is 5.35. The van der Waals surface area contributed by atoms with Crippen LogP contribution in [0.4, 0.5) is 0 Å². The molecule has 0 fully saturated rings. The van der Waals surface area contributed by atoms with Crippen molar-refractivity contribution in [1.29, 1.82) is 0 Å². The molecule has 0 bridgehead atoms. The molecule has 0 N–H and O–H groups in total. The summed E-state index contributed by atoms with van der Waals surface area (Å²) in [4.78, 5) is 0. The van der Waals surface area contributed by atoms with Crippen molar-refractivity contribution in [2.24, 2.45) is 0 Å². The number of benzene rings is 2. The van der Waals surface area contributed by atoms with Crippen molar-refractivity contribution >= 4 is 11.6 Å². The number of rotatable bonds is 3. The van der Waals surface area contributed by atoms with E-state index in [1.54, 1.807) is 19.2 Å². The molecule has 0 saturated heterocycles. The van der Waals surface area contributed by atoms with Crippen LogP contribution in [0.2, 0.25) is 5.02 Å². The molecule has 100 valence electrons. The molecule has 1 aromatic heterocycles. The van der Waals surface area contributed by atoms with Crippen molar-refractivity contribution in [1.82, 2.24) is 10.2 Å². The Morgan fingerprint density at radius 1 is 0.950 bits per heavy atom. The van der Waals surface area contributed by atoms with Crippen LogP contribution >= 0.6 is 11.6 Å². The highest BCUT2D eigenvalue weighted by Crippen LogP contribution is 2.30. The van der Waals surface area contributed by atoms with Gasteiger partial charge in [-0.25, -0.2) is 0 Å². The Labute approximate surface area is 121 Å². The van der Waals surface area contributed by atoms with Crippen LogP contribution in [-0.4, -0.2) is 17.3 Å². The van der Waals surface area contributed by atoms with E-state index >= 15 is 0 Å². The number of halogens is 1. The fourth-order valence-corrected chi connectivity index (χ4v) is 1.99. The summed E-state index contributed by atoms with van der Waals surface area (Å²) < 4.78 is 11.0. The summed E-state index contributed by atoms with van der Waals surface area (Å²) in [7, 11) is 1.61. The van der Waals surface area contributed by atoms with Crippen molar-refractivity contribution in [2.75, 3.05) is 7.11 Å². The quantitative estimate of drug-likeness (QED) is 0.728. The van der Waals surface area contributed by atoms with E-state index in [9.17, 15) is 0 Å². The summed E-state index contributed by atoms with van der Waals surface area (Å²) in [5, 5.41) is 8.78. The Bertz CT molecular complexity index is 723. The lowest BCUT2D eigenvalue weighted by Gasteiger charge is -2.03. The highest BCUT2D eigenvalue weighted by atomic mass is 35.5. The van der Waals surface area contributed by atoms with Crippen LogP contribution in [0, 0.1) is 0 Å². The Balaban J connectivity index is 2.00. The van der Waals surface area contributed by atoms with Crippen molar-refractivity contribution in [3.63, 3.8) is 0 Å². The van der Waals surface area contributed by atoms with Gasteiger partial charge in [-0.05, 0) is 36.4 Å². The molecule has 3 aromatic rings. The second-order valence-electron chi connectivity index (χ2n) is 4.12. The Kier molecular flexibility index (Phi) is 3.39. The van der Waals surface area contributed by atoms with E-state index in [4.69, 9.17) is 20.8 Å². The third kappa shape index (κ3) is 2.38. The Hall–Kier alpha value is -2.33. The molecule has 0 atom stereocenters. The van der Waals surface area contributed by atoms with Gasteiger partial charge in [-0.3, -0.25) is 0 Å². The molecule has 20 heavy (non-hydrogen) atoms. The van der Waals surface area contributed by atoms with Gasteiger partial charge in [0, 0.05) is 10.6 Å². The molecule has 2 aromatic carbocycles. The molecule has 0 spiro atoms. The number of nitrogens with zero attached hydrogens (tertiary/aromatic N) is 2. The van der Waals surface area contributed by atoms with Crippen LogP contribution in [0.3, 0.4) is 0 Å². The lowest BCUT2D eigenvalue weighted by molar-refractivity contribution is 0.414. The van der Waals surface area contributed by atoms with Gasteiger partial charge in [-0.15, -0.1) is 10.2 Å². The first-order valence-corrected chi connectivity index (χ1v) is 6.38. The molecular formula is C15H11ClN2O2. The van der Waals surface area contributed by atoms with Crippen molar-refractivity contribution in [3.8, 4) is 28.7 Å². The summed E-state index contributed by atoms with van der Waals surface area (Å²) in [5.41, 5.74) is 1.59. The number of ether oxygens (including phenoxy) is 1. The second-order valence-corrected chi connectivity index (χ2v) is 4.56. The fourth-order valence-electron chi connectivity index (χ4n) is 1.86. The standard InChI is InChI=1S/C15H11ClN2O2/c1-19-13-5-3-2-4-12(13)15-18-17-14(20-15)10-6-8-11(16)9-7-10/h2-9H,1H3. The van der Waals surface area contributed by atoms with Crippen molar-refractivity contribution in [3.05, 3.63) is 53.6 Å². The molecule has 1 heterocycles. The first-order chi connectivity index (χ1) is 9.78. The van der Waals surface area contributed by atoms with Gasteiger partial charge >= 0.3 is 0 Å². The first-order valence-electron chi connectivity index (χ1n) is 6.01. The third-order valence-corrected chi connectivity index (χ3v) is 3.11. The zero-order chi connectivity index (χ0) is 13.9. The summed E-state index contributed by atoms with van der Waals surface area (Å²) >= 11 is 5.86. The van der Waals surface area contributed by atoms with Crippen LogP contribution in [0.5, 0.6) is 5.75 Å². The van der Waals surface area contributed by atoms with E-state index in [0.29, 0.717) is 22.6 Å². The minimum absolute atomic E-state index is 0.424. The molecule has 0 aliphatic heterocycles. The highest BCUT2D eigenvalue weighted by molar-refractivity contribution is 6.30. The number of hydrogen-bond acceptors (Lipinski definition) is 4. The zero-order valence-electron chi connectivity index (χ0n) is 10.7. The average Bonchev–Trinajstić information content (AvgIpc) is 2.97. The van der Waals surface area contributed by atoms with Gasteiger partial charge in [-0.1, -0.05) is 23.7 Å². The number of methoxy groups -OCH3 is 1. The van der Waals surface area contributed by atoms with Crippen LogP contribution < -0.4 is 4.74 Å². The highest BCUT2D eigenvalue weighted by Gasteiger charge is 2.13. The summed E-state index contributed by atoms with van der Waals surface area (Å²) in [5.74, 6) is 1.56. The Morgan fingerprint density at radius 3 is 2.40 bits per heavy atom. The van der Waals surface area contributed by atoms with Crippen LogP contribution in [0.25, 0.3) is 22.9 Å². The van der Waals surface area contributed by atoms with Crippen LogP contribution in [-0.2, 0) is 0 Å². The van der Waals surface area contributed by atoms with Crippen LogP contribution in [0.15, 0.2) is 52.9 Å². The van der Waals surface area contributed by atoms with E-state index in [1.165, 1.54) is 0 Å². The topological polar surface area (TPSA) is 48.2 Å². The summed E-state index contributed by atoms with van der Waals surface area (Å²) in [6.45, 7) is 0. The van der Waals surface area contributed by atoms with Crippen LogP contribution in [0.1, 0.15) is 0 Å². The maximum Gasteiger partial charge on any atom is 0.251 e. The molecule has 0 aliphatic rings. The smallest absolute Gasteiger partial charge is 0.251 e. The first kappa shape index (κ1) is 12.7. The normalized spacial score (nSPS) is 10.5. The molecule has 0 radical (unpaired) electrons. The van der Waals surface area contributed by atoms with E-state index in [2.05, 4.69) is 10.2 Å². The minimum atomic E-state index is 0.424. The van der Waals surface area contributed by atoms with Gasteiger partial charge in [0.25, 0.3) is 5.89 Å². The van der Waals surface area contributed by atoms with E-state index in [-0.39, 0.29) is 0 Å². The van der Waals surface area contributed by atoms with E-state index < -0.39 is 0 Å². The van der Waals surface area contributed by atoms with Crippen molar-refractivity contribution < 1.29 is 9.15 Å². The molecule has 3 rings (SSSR count). The van der Waals surface area contributed by atoms with Gasteiger partial charge in [0.15, 0.2) is 0 Å². The number of aromatic nitrogens is 2. The molecule has 0 unspecified atom stereocenters. The maximum atomic E-state index is 5.86. The molecule has 4 nitrogen and oxygen atoms in total.